The van der Waals surface area contributed by atoms with Gasteiger partial charge < -0.3 is 20.1 Å². The number of benzene rings is 2. The van der Waals surface area contributed by atoms with Gasteiger partial charge in [-0.2, -0.15) is 0 Å². The summed E-state index contributed by atoms with van der Waals surface area (Å²) in [4.78, 5) is 21.0. The summed E-state index contributed by atoms with van der Waals surface area (Å²) in [6.07, 6.45) is 2.25. The van der Waals surface area contributed by atoms with Crippen LogP contribution in [0.5, 0.6) is 11.5 Å². The minimum absolute atomic E-state index is 0.253. The van der Waals surface area contributed by atoms with Crippen molar-refractivity contribution in [1.82, 2.24) is 15.3 Å². The fourth-order valence-electron chi connectivity index (χ4n) is 2.76. The molecule has 0 saturated carbocycles. The third kappa shape index (κ3) is 5.68. The van der Waals surface area contributed by atoms with E-state index in [1.54, 1.807) is 19.4 Å². The summed E-state index contributed by atoms with van der Waals surface area (Å²) in [6.45, 7) is 2.96. The second kappa shape index (κ2) is 10.1. The average Bonchev–Trinajstić information content (AvgIpc) is 2.75. The number of hydrogen-bond donors (Lipinski definition) is 2. The van der Waals surface area contributed by atoms with Gasteiger partial charge in [-0.1, -0.05) is 24.3 Å². The van der Waals surface area contributed by atoms with Gasteiger partial charge in [-0.05, 0) is 49.2 Å². The molecule has 0 fully saturated rings. The van der Waals surface area contributed by atoms with Crippen LogP contribution in [0.2, 0.25) is 0 Å². The summed E-state index contributed by atoms with van der Waals surface area (Å²) < 4.78 is 10.8. The van der Waals surface area contributed by atoms with E-state index in [-0.39, 0.29) is 5.91 Å². The number of nitrogens with one attached hydrogen (secondary N) is 2. The Morgan fingerprint density at radius 2 is 1.97 bits per heavy atom. The van der Waals surface area contributed by atoms with Crippen LogP contribution >= 0.6 is 0 Å². The van der Waals surface area contributed by atoms with Gasteiger partial charge in [0.05, 0.1) is 19.4 Å². The number of anilines is 2. The zero-order valence-corrected chi connectivity index (χ0v) is 16.5. The second-order valence-corrected chi connectivity index (χ2v) is 6.18. The Morgan fingerprint density at radius 3 is 2.79 bits per heavy atom. The number of carbonyl (C=O) groups is 1. The minimum atomic E-state index is -0.253. The van der Waals surface area contributed by atoms with Crippen LogP contribution in [0.3, 0.4) is 0 Å². The summed E-state index contributed by atoms with van der Waals surface area (Å²) in [7, 11) is 1.63. The van der Waals surface area contributed by atoms with E-state index in [1.807, 2.05) is 55.5 Å². The molecule has 1 aromatic heterocycles. The standard InChI is InChI=1S/C22H24N4O3/c1-3-29-20-10-5-4-9-18(20)25-22-24-14-12-19(26-22)21(27)23-13-11-16-7-6-8-17(15-16)28-2/h4-10,12,14-15H,3,11,13H2,1-2H3,(H,23,27)(H,24,25,26). The smallest absolute Gasteiger partial charge is 0.270 e. The van der Waals surface area contributed by atoms with Crippen LogP contribution in [-0.4, -0.2) is 36.1 Å². The van der Waals surface area contributed by atoms with Gasteiger partial charge in [0.15, 0.2) is 0 Å². The zero-order chi connectivity index (χ0) is 20.5. The number of rotatable bonds is 9. The molecule has 29 heavy (non-hydrogen) atoms. The highest BCUT2D eigenvalue weighted by molar-refractivity contribution is 5.92. The SMILES string of the molecule is CCOc1ccccc1Nc1nccc(C(=O)NCCc2cccc(OC)c2)n1. The summed E-state index contributed by atoms with van der Waals surface area (Å²) in [5.74, 6) is 1.58. The molecule has 1 amide bonds. The van der Waals surface area contributed by atoms with Gasteiger partial charge in [0.1, 0.15) is 17.2 Å². The minimum Gasteiger partial charge on any atom is -0.497 e. The van der Waals surface area contributed by atoms with E-state index in [4.69, 9.17) is 9.47 Å². The topological polar surface area (TPSA) is 85.4 Å². The zero-order valence-electron chi connectivity index (χ0n) is 16.5. The van der Waals surface area contributed by atoms with E-state index in [9.17, 15) is 4.79 Å². The Hall–Kier alpha value is -3.61. The van der Waals surface area contributed by atoms with Crippen LogP contribution in [0.25, 0.3) is 0 Å². The predicted octanol–water partition coefficient (Wildman–Crippen LogP) is 3.60. The number of carbonyl (C=O) groups excluding carboxylic acids is 1. The number of ether oxygens (including phenoxy) is 2. The average molecular weight is 392 g/mol. The van der Waals surface area contributed by atoms with E-state index in [0.29, 0.717) is 37.0 Å². The van der Waals surface area contributed by atoms with Gasteiger partial charge in [-0.15, -0.1) is 0 Å². The van der Waals surface area contributed by atoms with Crippen molar-refractivity contribution in [3.63, 3.8) is 0 Å². The van der Waals surface area contributed by atoms with Gasteiger partial charge in [0.2, 0.25) is 5.95 Å². The van der Waals surface area contributed by atoms with Gasteiger partial charge in [0.25, 0.3) is 5.91 Å². The van der Waals surface area contributed by atoms with Crippen LogP contribution in [0.15, 0.2) is 60.8 Å². The van der Waals surface area contributed by atoms with E-state index in [2.05, 4.69) is 20.6 Å². The third-order valence-electron chi connectivity index (χ3n) is 4.15. The maximum Gasteiger partial charge on any atom is 0.270 e. The highest BCUT2D eigenvalue weighted by Crippen LogP contribution is 2.25. The summed E-state index contributed by atoms with van der Waals surface area (Å²) >= 11 is 0. The molecule has 7 nitrogen and oxygen atoms in total. The maximum absolute atomic E-state index is 12.5. The number of amides is 1. The normalized spacial score (nSPS) is 10.3. The molecule has 3 rings (SSSR count). The number of para-hydroxylation sites is 2. The number of methoxy groups -OCH3 is 1. The highest BCUT2D eigenvalue weighted by atomic mass is 16.5. The molecule has 1 heterocycles. The van der Waals surface area contributed by atoms with E-state index in [0.717, 1.165) is 17.0 Å². The Balaban J connectivity index is 1.60. The molecule has 0 spiro atoms. The lowest BCUT2D eigenvalue weighted by atomic mass is 10.1. The molecule has 0 atom stereocenters. The van der Waals surface area contributed by atoms with Crippen molar-refractivity contribution in [3.8, 4) is 11.5 Å². The monoisotopic (exact) mass is 392 g/mol. The lowest BCUT2D eigenvalue weighted by Crippen LogP contribution is -2.26. The van der Waals surface area contributed by atoms with Gasteiger partial charge in [-0.25, -0.2) is 9.97 Å². The van der Waals surface area contributed by atoms with Crippen molar-refractivity contribution >= 4 is 17.5 Å². The highest BCUT2D eigenvalue weighted by Gasteiger charge is 2.10. The molecule has 0 saturated heterocycles. The number of hydrogen-bond acceptors (Lipinski definition) is 6. The number of nitrogens with zero attached hydrogens (tertiary/aromatic N) is 2. The van der Waals surface area contributed by atoms with Crippen LogP contribution in [0, 0.1) is 0 Å². The van der Waals surface area contributed by atoms with Crippen molar-refractivity contribution in [2.45, 2.75) is 13.3 Å². The van der Waals surface area contributed by atoms with Gasteiger partial charge in [0, 0.05) is 12.7 Å². The van der Waals surface area contributed by atoms with Crippen LogP contribution in [0.4, 0.5) is 11.6 Å². The molecule has 0 unspecified atom stereocenters. The Bertz CT molecular complexity index is 962. The predicted molar refractivity (Wildman–Crippen MR) is 112 cm³/mol. The van der Waals surface area contributed by atoms with Crippen LogP contribution in [0.1, 0.15) is 23.0 Å². The third-order valence-corrected chi connectivity index (χ3v) is 4.15. The molecule has 0 aliphatic heterocycles. The maximum atomic E-state index is 12.5. The van der Waals surface area contributed by atoms with Crippen LogP contribution < -0.4 is 20.1 Å². The van der Waals surface area contributed by atoms with Crippen molar-refractivity contribution < 1.29 is 14.3 Å². The molecule has 2 aromatic carbocycles. The van der Waals surface area contributed by atoms with Crippen LogP contribution in [-0.2, 0) is 6.42 Å². The lowest BCUT2D eigenvalue weighted by Gasteiger charge is -2.11. The molecule has 7 heteroatoms. The first-order valence-corrected chi connectivity index (χ1v) is 9.42. The first-order chi connectivity index (χ1) is 14.2. The molecule has 0 aliphatic rings. The van der Waals surface area contributed by atoms with E-state index in [1.165, 1.54) is 0 Å². The van der Waals surface area contributed by atoms with E-state index < -0.39 is 0 Å². The van der Waals surface area contributed by atoms with Crippen molar-refractivity contribution in [3.05, 3.63) is 72.1 Å². The first-order valence-electron chi connectivity index (χ1n) is 9.42. The fraction of sp³-hybridized carbons (Fsp3) is 0.227. The molecule has 0 radical (unpaired) electrons. The first kappa shape index (κ1) is 20.1. The summed E-state index contributed by atoms with van der Waals surface area (Å²) in [6, 6.07) is 16.9. The Kier molecular flexibility index (Phi) is 7.00. The molecular formula is C22H24N4O3. The Labute approximate surface area is 170 Å². The number of aromatic nitrogens is 2. The van der Waals surface area contributed by atoms with Crippen molar-refractivity contribution in [2.75, 3.05) is 25.6 Å². The molecule has 2 N–H and O–H groups in total. The molecule has 150 valence electrons. The molecule has 0 bridgehead atoms. The van der Waals surface area contributed by atoms with Gasteiger partial charge >= 0.3 is 0 Å². The molecule has 3 aromatic rings. The largest absolute Gasteiger partial charge is 0.497 e. The quantitative estimate of drug-likeness (QED) is 0.579. The fourth-order valence-corrected chi connectivity index (χ4v) is 2.76. The van der Waals surface area contributed by atoms with Crippen molar-refractivity contribution in [2.24, 2.45) is 0 Å². The lowest BCUT2D eigenvalue weighted by molar-refractivity contribution is 0.0949. The summed E-state index contributed by atoms with van der Waals surface area (Å²) in [5.41, 5.74) is 2.12. The molecule has 0 aliphatic carbocycles. The van der Waals surface area contributed by atoms with Gasteiger partial charge in [-0.3, -0.25) is 4.79 Å². The molecular weight excluding hydrogens is 368 g/mol. The summed E-state index contributed by atoms with van der Waals surface area (Å²) in [5, 5.41) is 5.99. The van der Waals surface area contributed by atoms with Crippen molar-refractivity contribution in [1.29, 1.82) is 0 Å². The second-order valence-electron chi connectivity index (χ2n) is 6.18. The Morgan fingerprint density at radius 1 is 1.10 bits per heavy atom. The van der Waals surface area contributed by atoms with E-state index >= 15 is 0 Å².